The summed E-state index contributed by atoms with van der Waals surface area (Å²) in [6, 6.07) is 6.95. The molecule has 24 heavy (non-hydrogen) atoms. The summed E-state index contributed by atoms with van der Waals surface area (Å²) >= 11 is 3.29. The number of hydrogen-bond donors (Lipinski definition) is 2. The van der Waals surface area contributed by atoms with Gasteiger partial charge >= 0.3 is 5.97 Å². The molecule has 0 aromatic heterocycles. The Morgan fingerprint density at radius 1 is 1.21 bits per heavy atom. The Morgan fingerprint density at radius 3 is 2.50 bits per heavy atom. The van der Waals surface area contributed by atoms with E-state index in [1.165, 1.54) is 0 Å². The summed E-state index contributed by atoms with van der Waals surface area (Å²) in [6.45, 7) is 3.79. The van der Waals surface area contributed by atoms with Gasteiger partial charge in [-0.1, -0.05) is 29.3 Å². The second-order valence-corrected chi connectivity index (χ2v) is 6.35. The molecule has 0 unspecified atom stereocenters. The van der Waals surface area contributed by atoms with Gasteiger partial charge in [0.25, 0.3) is 11.8 Å². The van der Waals surface area contributed by atoms with Gasteiger partial charge < -0.3 is 15.4 Å². The number of amides is 2. The smallest absolute Gasteiger partial charge is 0.308 e. The third-order valence-corrected chi connectivity index (χ3v) is 3.74. The molecule has 1 aromatic carbocycles. The number of hydrogen-bond acceptors (Lipinski definition) is 4. The Kier molecular flexibility index (Phi) is 9.07. The first-order valence-corrected chi connectivity index (χ1v) is 8.70. The zero-order valence-electron chi connectivity index (χ0n) is 13.9. The molecular weight excluding hydrogens is 376 g/mol. The highest BCUT2D eigenvalue weighted by atomic mass is 79.9. The van der Waals surface area contributed by atoms with Crippen LogP contribution in [0.2, 0.25) is 0 Å². The Morgan fingerprint density at radius 2 is 1.88 bits per heavy atom. The molecule has 0 fully saturated rings. The minimum Gasteiger partial charge on any atom is -0.456 e. The number of ether oxygens (including phenoxy) is 1. The maximum atomic E-state index is 11.8. The summed E-state index contributed by atoms with van der Waals surface area (Å²) in [7, 11) is 0. The molecule has 0 spiro atoms. The van der Waals surface area contributed by atoms with Crippen LogP contribution in [-0.4, -0.2) is 37.0 Å². The highest BCUT2D eigenvalue weighted by molar-refractivity contribution is 9.10. The van der Waals surface area contributed by atoms with E-state index in [0.29, 0.717) is 5.56 Å². The summed E-state index contributed by atoms with van der Waals surface area (Å²) in [5.41, 5.74) is 0.510. The first-order valence-electron chi connectivity index (χ1n) is 7.91. The van der Waals surface area contributed by atoms with E-state index in [4.69, 9.17) is 4.74 Å². The molecule has 0 aliphatic rings. The molecule has 0 saturated heterocycles. The molecule has 2 N–H and O–H groups in total. The molecular formula is C17H23BrN2O4. The van der Waals surface area contributed by atoms with Gasteiger partial charge in [-0.25, -0.2) is 0 Å². The van der Waals surface area contributed by atoms with Crippen molar-refractivity contribution < 1.29 is 19.1 Å². The minimum absolute atomic E-state index is 0.0139. The third-order valence-electron chi connectivity index (χ3n) is 3.21. The number of carbonyl (C=O) groups is 3. The molecule has 0 bridgehead atoms. The van der Waals surface area contributed by atoms with Crippen LogP contribution in [0.3, 0.4) is 0 Å². The fourth-order valence-electron chi connectivity index (χ4n) is 2.02. The maximum Gasteiger partial charge on any atom is 0.308 e. The molecule has 132 valence electrons. The molecule has 0 radical (unpaired) electrons. The van der Waals surface area contributed by atoms with Gasteiger partial charge in [0.15, 0.2) is 6.61 Å². The topological polar surface area (TPSA) is 84.5 Å². The van der Waals surface area contributed by atoms with Crippen molar-refractivity contribution in [3.05, 3.63) is 34.3 Å². The first-order chi connectivity index (χ1) is 11.4. The number of benzene rings is 1. The second-order valence-electron chi connectivity index (χ2n) is 5.43. The molecule has 6 nitrogen and oxygen atoms in total. The van der Waals surface area contributed by atoms with Crippen LogP contribution in [0.1, 0.15) is 43.5 Å². The molecule has 2 amide bonds. The van der Waals surface area contributed by atoms with Crippen molar-refractivity contribution in [3.8, 4) is 0 Å². The average Bonchev–Trinajstić information content (AvgIpc) is 2.53. The molecule has 0 aliphatic carbocycles. The van der Waals surface area contributed by atoms with Crippen molar-refractivity contribution in [2.45, 2.75) is 39.2 Å². The summed E-state index contributed by atoms with van der Waals surface area (Å²) in [6.07, 6.45) is 1.86. The Balaban J connectivity index is 2.20. The van der Waals surface area contributed by atoms with E-state index in [2.05, 4.69) is 26.6 Å². The van der Waals surface area contributed by atoms with Crippen LogP contribution >= 0.6 is 15.9 Å². The third kappa shape index (κ3) is 8.10. The zero-order chi connectivity index (χ0) is 17.9. The highest BCUT2D eigenvalue weighted by Crippen LogP contribution is 2.10. The van der Waals surface area contributed by atoms with Crippen LogP contribution < -0.4 is 10.6 Å². The second kappa shape index (κ2) is 10.8. The Hall–Kier alpha value is -1.89. The monoisotopic (exact) mass is 398 g/mol. The fraction of sp³-hybridized carbons (Fsp3) is 0.471. The van der Waals surface area contributed by atoms with Gasteiger partial charge in [-0.3, -0.25) is 14.4 Å². The lowest BCUT2D eigenvalue weighted by Crippen LogP contribution is -2.36. The molecule has 1 aromatic rings. The highest BCUT2D eigenvalue weighted by Gasteiger charge is 2.11. The van der Waals surface area contributed by atoms with Crippen molar-refractivity contribution in [2.75, 3.05) is 13.2 Å². The van der Waals surface area contributed by atoms with Gasteiger partial charge in [-0.2, -0.15) is 0 Å². The van der Waals surface area contributed by atoms with E-state index >= 15 is 0 Å². The quantitative estimate of drug-likeness (QED) is 0.625. The largest absolute Gasteiger partial charge is 0.456 e. The van der Waals surface area contributed by atoms with E-state index in [0.717, 1.165) is 17.3 Å². The standard InChI is InChI=1S/C17H23BrN2O4/c1-3-4-12(2)20-15(21)11-24-16(22)9-10-19-17(23)13-5-7-14(18)8-6-13/h5-8,12H,3-4,9-11H2,1-2H3,(H,19,23)(H,20,21)/t12-/m0/s1. The predicted octanol–water partition coefficient (Wildman–Crippen LogP) is 2.42. The van der Waals surface area contributed by atoms with E-state index in [9.17, 15) is 14.4 Å². The molecule has 0 aliphatic heterocycles. The summed E-state index contributed by atoms with van der Waals surface area (Å²) < 4.78 is 5.76. The van der Waals surface area contributed by atoms with Gasteiger partial charge in [0.1, 0.15) is 0 Å². The van der Waals surface area contributed by atoms with Crippen molar-refractivity contribution >= 4 is 33.7 Å². The SMILES string of the molecule is CCC[C@H](C)NC(=O)COC(=O)CCNC(=O)c1ccc(Br)cc1. The maximum absolute atomic E-state index is 11.8. The van der Waals surface area contributed by atoms with Crippen molar-refractivity contribution in [1.29, 1.82) is 0 Å². The van der Waals surface area contributed by atoms with Crippen molar-refractivity contribution in [3.63, 3.8) is 0 Å². The van der Waals surface area contributed by atoms with E-state index in [1.54, 1.807) is 24.3 Å². The zero-order valence-corrected chi connectivity index (χ0v) is 15.5. The lowest BCUT2D eigenvalue weighted by molar-refractivity contribution is -0.148. The first kappa shape index (κ1) is 20.2. The average molecular weight is 399 g/mol. The normalized spacial score (nSPS) is 11.5. The summed E-state index contributed by atoms with van der Waals surface area (Å²) in [5, 5.41) is 5.38. The van der Waals surface area contributed by atoms with Gasteiger partial charge in [-0.15, -0.1) is 0 Å². The van der Waals surface area contributed by atoms with Crippen LogP contribution in [0.25, 0.3) is 0 Å². The summed E-state index contributed by atoms with van der Waals surface area (Å²) in [4.78, 5) is 35.0. The van der Waals surface area contributed by atoms with Crippen LogP contribution in [0.15, 0.2) is 28.7 Å². The van der Waals surface area contributed by atoms with Crippen LogP contribution in [0, 0.1) is 0 Å². The van der Waals surface area contributed by atoms with Gasteiger partial charge in [0, 0.05) is 22.6 Å². The van der Waals surface area contributed by atoms with Crippen LogP contribution in [0.4, 0.5) is 0 Å². The van der Waals surface area contributed by atoms with Gasteiger partial charge in [0.2, 0.25) is 0 Å². The van der Waals surface area contributed by atoms with E-state index in [-0.39, 0.29) is 37.4 Å². The summed E-state index contributed by atoms with van der Waals surface area (Å²) in [5.74, 6) is -1.10. The minimum atomic E-state index is -0.524. The van der Waals surface area contributed by atoms with Crippen molar-refractivity contribution in [1.82, 2.24) is 10.6 Å². The molecule has 1 rings (SSSR count). The van der Waals surface area contributed by atoms with E-state index in [1.807, 2.05) is 13.8 Å². The molecule has 7 heteroatoms. The van der Waals surface area contributed by atoms with Gasteiger partial charge in [0.05, 0.1) is 6.42 Å². The Bertz CT molecular complexity index is 560. The molecule has 0 saturated carbocycles. The Labute approximate surface area is 150 Å². The fourth-order valence-corrected chi connectivity index (χ4v) is 2.29. The van der Waals surface area contributed by atoms with Gasteiger partial charge in [-0.05, 0) is 37.6 Å². The lowest BCUT2D eigenvalue weighted by Gasteiger charge is -2.12. The molecule has 1 atom stereocenters. The number of rotatable bonds is 9. The predicted molar refractivity (Wildman–Crippen MR) is 94.6 cm³/mol. The van der Waals surface area contributed by atoms with Crippen molar-refractivity contribution in [2.24, 2.45) is 0 Å². The number of halogens is 1. The van der Waals surface area contributed by atoms with Crippen LogP contribution in [0.5, 0.6) is 0 Å². The number of carbonyl (C=O) groups excluding carboxylic acids is 3. The van der Waals surface area contributed by atoms with E-state index < -0.39 is 5.97 Å². The molecule has 0 heterocycles. The number of esters is 1. The lowest BCUT2D eigenvalue weighted by atomic mass is 10.2. The van der Waals surface area contributed by atoms with Crippen LogP contribution in [-0.2, 0) is 14.3 Å². The number of nitrogens with one attached hydrogen (secondary N) is 2.